The summed E-state index contributed by atoms with van der Waals surface area (Å²) in [5.41, 5.74) is 9.31. The van der Waals surface area contributed by atoms with Crippen molar-refractivity contribution in [3.8, 4) is 0 Å². The number of hydrogen-bond donors (Lipinski definition) is 5. The van der Waals surface area contributed by atoms with Gasteiger partial charge in [-0.15, -0.1) is 0 Å². The number of aromatic amines is 3. The van der Waals surface area contributed by atoms with Crippen LogP contribution in [0.2, 0.25) is 0 Å². The number of esters is 2. The Morgan fingerprint density at radius 2 is 1.70 bits per heavy atom. The minimum atomic E-state index is -1.14. The zero-order valence-electron chi connectivity index (χ0n) is 37.0. The summed E-state index contributed by atoms with van der Waals surface area (Å²) in [5, 5.41) is 17.0. The van der Waals surface area contributed by atoms with Crippen LogP contribution in [0.15, 0.2) is 23.9 Å². The molecule has 5 atom stereocenters. The van der Waals surface area contributed by atoms with Gasteiger partial charge in [0.15, 0.2) is 5.78 Å². The predicted molar refractivity (Wildman–Crippen MR) is 241 cm³/mol. The van der Waals surface area contributed by atoms with E-state index in [9.17, 15) is 19.5 Å². The smallest absolute Gasteiger partial charge is 0.320 e. The van der Waals surface area contributed by atoms with Gasteiger partial charge in [0.25, 0.3) is 0 Å². The van der Waals surface area contributed by atoms with Crippen LogP contribution < -0.4 is 26.6 Å². The molecule has 3 aromatic heterocycles. The van der Waals surface area contributed by atoms with E-state index in [-0.39, 0.29) is 36.6 Å². The highest BCUT2D eigenvalue weighted by Gasteiger charge is 2.49. The molecule has 5 N–H and O–H groups in total. The van der Waals surface area contributed by atoms with E-state index in [2.05, 4.69) is 60.6 Å². The number of carbonyl (C=O) groups is 3. The van der Waals surface area contributed by atoms with Crippen LogP contribution in [0.4, 0.5) is 0 Å². The molecule has 0 radical (unpaired) electrons. The van der Waals surface area contributed by atoms with Gasteiger partial charge in [-0.25, -0.2) is 0 Å². The number of Topliss-reactive ketones (excluding diaryl/α,β-unsaturated/α-hetero) is 1. The number of fused-ring (bicyclic) bond motifs is 8. The van der Waals surface area contributed by atoms with Crippen molar-refractivity contribution in [3.05, 3.63) is 90.1 Å². The van der Waals surface area contributed by atoms with Crippen LogP contribution in [0.5, 0.6) is 0 Å². The standard InChI is InChI=1S/C50H66N4O6/c1-10-13-14-15-17-28(4)18-16-19-29(5)22-23-60-43(56)21-20-35-31(7)38-24-37-30(6)33(11-2)40(51-37)26-42-36(27-55)34(12-3)41(52-42)25-39-32(8)44-48(54-39)45(47(35)53-38)46(49(44)57)50(58)59-9/h11,22,24-28,31,35,46-47,51-55H,2,10,12-21,23H2,1,3-9H3/b29-22+,36-27-,38-24-,39-25-,42-26-/t28-,31+,35+,46-,47?/m1/s1. The summed E-state index contributed by atoms with van der Waals surface area (Å²) in [6.07, 6.45) is 22.2. The minimum absolute atomic E-state index is 0.0859. The first-order chi connectivity index (χ1) is 28.9. The zero-order valence-corrected chi connectivity index (χ0v) is 37.0. The molecule has 3 aromatic rings. The van der Waals surface area contributed by atoms with Crippen LogP contribution in [0, 0.1) is 37.5 Å². The van der Waals surface area contributed by atoms with Crippen LogP contribution in [-0.4, -0.2) is 57.5 Å². The molecule has 0 amide bonds. The first kappa shape index (κ1) is 44.3. The number of ketones is 1. The molecule has 2 aliphatic heterocycles. The first-order valence-corrected chi connectivity index (χ1v) is 22.1. The van der Waals surface area contributed by atoms with Crippen molar-refractivity contribution in [2.45, 2.75) is 125 Å². The summed E-state index contributed by atoms with van der Waals surface area (Å²) in [5.74, 6) is -1.87. The third-order valence-corrected chi connectivity index (χ3v) is 13.4. The van der Waals surface area contributed by atoms with Crippen LogP contribution >= 0.6 is 0 Å². The molecule has 10 heteroatoms. The van der Waals surface area contributed by atoms with Gasteiger partial charge in [0.2, 0.25) is 0 Å². The second-order valence-electron chi connectivity index (χ2n) is 17.3. The Bertz CT molecular complexity index is 2440. The molecule has 1 saturated heterocycles. The van der Waals surface area contributed by atoms with E-state index >= 15 is 0 Å². The van der Waals surface area contributed by atoms with E-state index in [0.29, 0.717) is 34.5 Å². The lowest BCUT2D eigenvalue weighted by molar-refractivity contribution is -0.143. The average molecular weight is 819 g/mol. The molecule has 10 nitrogen and oxygen atoms in total. The second kappa shape index (κ2) is 19.4. The van der Waals surface area contributed by atoms with Gasteiger partial charge in [0.1, 0.15) is 12.5 Å². The van der Waals surface area contributed by atoms with E-state index in [1.165, 1.54) is 51.2 Å². The number of rotatable bonds is 17. The van der Waals surface area contributed by atoms with E-state index in [1.54, 1.807) is 0 Å². The molecule has 5 heterocycles. The largest absolute Gasteiger partial charge is 0.515 e. The molecule has 60 heavy (non-hydrogen) atoms. The number of aromatic nitrogens is 3. The fourth-order valence-corrected chi connectivity index (χ4v) is 9.74. The van der Waals surface area contributed by atoms with Gasteiger partial charge in [-0.2, -0.15) is 0 Å². The molecule has 1 unspecified atom stereocenters. The van der Waals surface area contributed by atoms with Crippen LogP contribution in [0.3, 0.4) is 0 Å². The normalized spacial score (nSPS) is 22.4. The van der Waals surface area contributed by atoms with Crippen LogP contribution in [-0.2, 0) is 25.5 Å². The Labute approximate surface area is 354 Å². The Kier molecular flexibility index (Phi) is 14.3. The number of H-pyrrole nitrogens is 3. The maximum Gasteiger partial charge on any atom is 0.320 e. The summed E-state index contributed by atoms with van der Waals surface area (Å²) in [7, 11) is 1.31. The SMILES string of the molecule is C=Cc1c2[nH]c(c1C)/C=C1\NC(C3=c4[nH]/c(c(C)c4C(=O)[C@@H]3C(=O)OC)=C\c3[nH]c(/c(=C\O)c3CC)=C\2)[C@@H](CCC(=O)OC/C=C(\C)CCC[C@H](C)CCCCCC)[C@@H]1C. The molecule has 0 spiro atoms. The average Bonchev–Trinajstić information content (AvgIpc) is 3.98. The first-order valence-electron chi connectivity index (χ1n) is 22.1. The van der Waals surface area contributed by atoms with E-state index in [1.807, 2.05) is 45.1 Å². The molecule has 1 fully saturated rings. The predicted octanol–water partition coefficient (Wildman–Crippen LogP) is 7.21. The number of unbranched alkanes of at least 4 members (excludes halogenated alkanes) is 3. The van der Waals surface area contributed by atoms with Gasteiger partial charge in [0.05, 0.1) is 30.1 Å². The molecule has 0 aromatic carbocycles. The second-order valence-corrected chi connectivity index (χ2v) is 17.3. The molecule has 0 saturated carbocycles. The molecule has 8 bridgehead atoms. The molecule has 3 aliphatic rings. The Hall–Kier alpha value is -5.25. The van der Waals surface area contributed by atoms with Gasteiger partial charge >= 0.3 is 11.9 Å². The summed E-state index contributed by atoms with van der Waals surface area (Å²) < 4.78 is 11.1. The molecule has 1 aliphatic carbocycles. The van der Waals surface area contributed by atoms with Crippen LogP contribution in [0.1, 0.15) is 149 Å². The summed E-state index contributed by atoms with van der Waals surface area (Å²) >= 11 is 0. The monoisotopic (exact) mass is 818 g/mol. The molecule has 322 valence electrons. The number of methoxy groups -OCH3 is 1. The maximum absolute atomic E-state index is 14.4. The van der Waals surface area contributed by atoms with Crippen molar-refractivity contribution in [1.82, 2.24) is 20.3 Å². The van der Waals surface area contributed by atoms with Gasteiger partial charge < -0.3 is 34.8 Å². The highest BCUT2D eigenvalue weighted by molar-refractivity contribution is 6.19. The highest BCUT2D eigenvalue weighted by atomic mass is 16.5. The van der Waals surface area contributed by atoms with Crippen molar-refractivity contribution >= 4 is 53.9 Å². The Morgan fingerprint density at radius 3 is 2.40 bits per heavy atom. The van der Waals surface area contributed by atoms with Crippen molar-refractivity contribution in [1.29, 1.82) is 0 Å². The maximum atomic E-state index is 14.4. The lowest BCUT2D eigenvalue weighted by Crippen LogP contribution is -2.38. The van der Waals surface area contributed by atoms with Crippen LogP contribution in [0.25, 0.3) is 36.1 Å². The van der Waals surface area contributed by atoms with Gasteiger partial charge in [-0.05, 0) is 105 Å². The molecule has 6 rings (SSSR count). The number of aliphatic hydroxyl groups excluding tert-OH is 1. The number of aliphatic hydroxyl groups is 1. The lowest BCUT2D eigenvalue weighted by Gasteiger charge is -2.25. The Morgan fingerprint density at radius 1 is 0.950 bits per heavy atom. The number of allylic oxidation sites excluding steroid dienone is 2. The molecular formula is C50H66N4O6. The fraction of sp³-hybridized carbons (Fsp3) is 0.500. The summed E-state index contributed by atoms with van der Waals surface area (Å²) in [6.45, 7) is 19.2. The summed E-state index contributed by atoms with van der Waals surface area (Å²) in [6, 6.07) is -0.470. The number of nitrogens with one attached hydrogen (secondary N) is 4. The molecular weight excluding hydrogens is 753 g/mol. The van der Waals surface area contributed by atoms with Crippen molar-refractivity contribution in [2.75, 3.05) is 13.7 Å². The fourth-order valence-electron chi connectivity index (χ4n) is 9.74. The zero-order chi connectivity index (χ0) is 43.2. The van der Waals surface area contributed by atoms with E-state index in [0.717, 1.165) is 80.8 Å². The van der Waals surface area contributed by atoms with Gasteiger partial charge in [-0.1, -0.05) is 84.4 Å². The van der Waals surface area contributed by atoms with Gasteiger partial charge in [-0.3, -0.25) is 14.4 Å². The number of carbonyl (C=O) groups excluding carboxylic acids is 3. The van der Waals surface area contributed by atoms with Crippen molar-refractivity contribution < 1.29 is 29.0 Å². The third kappa shape index (κ3) is 8.93. The van der Waals surface area contributed by atoms with E-state index in [4.69, 9.17) is 9.47 Å². The Balaban J connectivity index is 1.34. The lowest BCUT2D eigenvalue weighted by atomic mass is 9.80. The quantitative estimate of drug-likeness (QED) is 0.0419. The summed E-state index contributed by atoms with van der Waals surface area (Å²) in [4.78, 5) is 52.0. The van der Waals surface area contributed by atoms with Gasteiger partial charge in [0, 0.05) is 56.8 Å². The third-order valence-electron chi connectivity index (χ3n) is 13.4. The van der Waals surface area contributed by atoms with E-state index < -0.39 is 17.9 Å². The number of hydrogen-bond acceptors (Lipinski definition) is 7. The number of ether oxygens (including phenoxy) is 2. The van der Waals surface area contributed by atoms with Crippen molar-refractivity contribution in [3.63, 3.8) is 0 Å². The highest BCUT2D eigenvalue weighted by Crippen LogP contribution is 2.42. The minimum Gasteiger partial charge on any atom is -0.515 e. The topological polar surface area (TPSA) is 149 Å². The van der Waals surface area contributed by atoms with Crippen molar-refractivity contribution in [2.24, 2.45) is 23.7 Å².